The number of piperidine rings is 1. The van der Waals surface area contributed by atoms with Gasteiger partial charge in [0.1, 0.15) is 15.8 Å². The molecule has 2 aliphatic heterocycles. The fraction of sp³-hybridized carbons (Fsp3) is 0.400. The number of thioether (sulfide) groups is 1. The van der Waals surface area contributed by atoms with E-state index in [0.717, 1.165) is 31.5 Å². The van der Waals surface area contributed by atoms with E-state index >= 15 is 0 Å². The summed E-state index contributed by atoms with van der Waals surface area (Å²) in [7, 11) is 0. The van der Waals surface area contributed by atoms with Crippen molar-refractivity contribution < 1.29 is 4.79 Å². The zero-order valence-corrected chi connectivity index (χ0v) is 17.6. The number of amides is 1. The molecule has 0 unspecified atom stereocenters. The number of hydrogen-bond donors (Lipinski definition) is 0. The van der Waals surface area contributed by atoms with Gasteiger partial charge in [0.05, 0.1) is 10.5 Å². The number of anilines is 1. The number of rotatable bonds is 3. The molecular formula is C20H22N4O2S2. The molecule has 8 heteroatoms. The molecule has 2 fully saturated rings. The van der Waals surface area contributed by atoms with Gasteiger partial charge in [-0.05, 0) is 50.8 Å². The highest BCUT2D eigenvalue weighted by Gasteiger charge is 2.32. The molecule has 0 N–H and O–H groups in total. The van der Waals surface area contributed by atoms with Crippen molar-refractivity contribution in [3.8, 4) is 0 Å². The van der Waals surface area contributed by atoms with Gasteiger partial charge in [0, 0.05) is 25.8 Å². The molecule has 4 heterocycles. The van der Waals surface area contributed by atoms with E-state index < -0.39 is 0 Å². The molecule has 0 spiro atoms. The average Bonchev–Trinajstić information content (AvgIpc) is 2.97. The molecule has 2 saturated heterocycles. The number of aromatic nitrogens is 2. The van der Waals surface area contributed by atoms with Crippen molar-refractivity contribution in [1.29, 1.82) is 0 Å². The van der Waals surface area contributed by atoms with Gasteiger partial charge in [0.25, 0.3) is 11.5 Å². The van der Waals surface area contributed by atoms with Crippen molar-refractivity contribution >= 4 is 51.7 Å². The first-order valence-corrected chi connectivity index (χ1v) is 10.8. The van der Waals surface area contributed by atoms with E-state index in [4.69, 9.17) is 17.2 Å². The number of aryl methyl sites for hydroxylation is 1. The fourth-order valence-electron chi connectivity index (χ4n) is 3.68. The quantitative estimate of drug-likeness (QED) is 0.568. The minimum Gasteiger partial charge on any atom is -0.356 e. The van der Waals surface area contributed by atoms with Gasteiger partial charge in [-0.15, -0.1) is 0 Å². The molecule has 2 aromatic heterocycles. The number of thiocarbonyl (C=S) groups is 1. The van der Waals surface area contributed by atoms with Crippen LogP contribution < -0.4 is 10.5 Å². The van der Waals surface area contributed by atoms with Gasteiger partial charge >= 0.3 is 0 Å². The molecule has 28 heavy (non-hydrogen) atoms. The van der Waals surface area contributed by atoms with Crippen LogP contribution in [-0.4, -0.2) is 44.1 Å². The third kappa shape index (κ3) is 3.24. The Balaban J connectivity index is 1.92. The average molecular weight is 415 g/mol. The minimum atomic E-state index is -0.156. The molecule has 146 valence electrons. The second kappa shape index (κ2) is 7.67. The highest BCUT2D eigenvalue weighted by Crippen LogP contribution is 2.33. The van der Waals surface area contributed by atoms with Crippen LogP contribution in [-0.2, 0) is 4.79 Å². The van der Waals surface area contributed by atoms with Crippen molar-refractivity contribution in [3.05, 3.63) is 44.7 Å². The monoisotopic (exact) mass is 414 g/mol. The lowest BCUT2D eigenvalue weighted by Crippen LogP contribution is -2.33. The number of nitrogens with zero attached hydrogens (tertiary/aromatic N) is 4. The maximum Gasteiger partial charge on any atom is 0.267 e. The Hall–Kier alpha value is -2.19. The van der Waals surface area contributed by atoms with Gasteiger partial charge < -0.3 is 4.90 Å². The molecule has 0 aliphatic carbocycles. The Morgan fingerprint density at radius 3 is 2.68 bits per heavy atom. The largest absolute Gasteiger partial charge is 0.356 e. The van der Waals surface area contributed by atoms with E-state index in [9.17, 15) is 9.59 Å². The van der Waals surface area contributed by atoms with Crippen molar-refractivity contribution in [2.24, 2.45) is 0 Å². The zero-order chi connectivity index (χ0) is 19.8. The van der Waals surface area contributed by atoms with E-state index in [-0.39, 0.29) is 11.5 Å². The van der Waals surface area contributed by atoms with Crippen LogP contribution in [0, 0.1) is 6.92 Å². The predicted octanol–water partition coefficient (Wildman–Crippen LogP) is 3.21. The first-order chi connectivity index (χ1) is 13.5. The SMILES string of the molecule is CCN1C(=O)/C(=C/c2c(N3CCCCC3)nc3c(C)cccn3c2=O)SC1=S. The molecule has 0 atom stereocenters. The van der Waals surface area contributed by atoms with Gasteiger partial charge in [-0.1, -0.05) is 30.0 Å². The normalized spacial score (nSPS) is 19.3. The number of likely N-dealkylation sites (N-methyl/N-ethyl adjacent to an activating group) is 1. The molecule has 2 aliphatic rings. The van der Waals surface area contributed by atoms with Crippen molar-refractivity contribution in [2.75, 3.05) is 24.5 Å². The van der Waals surface area contributed by atoms with Crippen LogP contribution in [0.5, 0.6) is 0 Å². The van der Waals surface area contributed by atoms with E-state index in [1.54, 1.807) is 21.6 Å². The number of fused-ring (bicyclic) bond motifs is 1. The lowest BCUT2D eigenvalue weighted by atomic mass is 10.1. The summed E-state index contributed by atoms with van der Waals surface area (Å²) in [6.07, 6.45) is 6.75. The van der Waals surface area contributed by atoms with Gasteiger partial charge in [0.2, 0.25) is 0 Å². The van der Waals surface area contributed by atoms with Gasteiger partial charge in [-0.25, -0.2) is 4.98 Å². The molecule has 0 saturated carbocycles. The van der Waals surface area contributed by atoms with Crippen LogP contribution in [0.4, 0.5) is 5.82 Å². The highest BCUT2D eigenvalue weighted by molar-refractivity contribution is 8.26. The van der Waals surface area contributed by atoms with Crippen LogP contribution in [0.3, 0.4) is 0 Å². The Morgan fingerprint density at radius 1 is 1.25 bits per heavy atom. The molecule has 0 radical (unpaired) electrons. The van der Waals surface area contributed by atoms with Crippen molar-refractivity contribution in [1.82, 2.24) is 14.3 Å². The van der Waals surface area contributed by atoms with Crippen molar-refractivity contribution in [2.45, 2.75) is 33.1 Å². The fourth-order valence-corrected chi connectivity index (χ4v) is 5.04. The highest BCUT2D eigenvalue weighted by atomic mass is 32.2. The second-order valence-electron chi connectivity index (χ2n) is 7.01. The topological polar surface area (TPSA) is 57.9 Å². The third-order valence-corrected chi connectivity index (χ3v) is 6.56. The van der Waals surface area contributed by atoms with Crippen LogP contribution in [0.2, 0.25) is 0 Å². The number of hydrogen-bond acceptors (Lipinski definition) is 6. The molecular weight excluding hydrogens is 392 g/mol. The van der Waals surface area contributed by atoms with Crippen molar-refractivity contribution in [3.63, 3.8) is 0 Å². The smallest absolute Gasteiger partial charge is 0.267 e. The summed E-state index contributed by atoms with van der Waals surface area (Å²) < 4.78 is 2.10. The summed E-state index contributed by atoms with van der Waals surface area (Å²) in [6.45, 7) is 6.10. The Labute approximate surface area is 173 Å². The standard InChI is InChI=1S/C20H22N4O2S2/c1-3-23-19(26)15(28-20(23)27)12-14-17(22-9-5-4-6-10-22)21-16-13(2)8-7-11-24(16)18(14)25/h7-8,11-12H,3-6,9-10H2,1-2H3/b15-12-. The number of carbonyl (C=O) groups is 1. The summed E-state index contributed by atoms with van der Waals surface area (Å²) in [5.41, 5.74) is 1.91. The molecule has 0 bridgehead atoms. The van der Waals surface area contributed by atoms with Gasteiger partial charge in [-0.2, -0.15) is 0 Å². The zero-order valence-electron chi connectivity index (χ0n) is 16.0. The van der Waals surface area contributed by atoms with Gasteiger partial charge in [-0.3, -0.25) is 18.9 Å². The summed E-state index contributed by atoms with van der Waals surface area (Å²) in [6, 6.07) is 3.79. The Morgan fingerprint density at radius 2 is 2.00 bits per heavy atom. The second-order valence-corrected chi connectivity index (χ2v) is 8.69. The third-order valence-electron chi connectivity index (χ3n) is 5.19. The summed E-state index contributed by atoms with van der Waals surface area (Å²) in [5, 5.41) is 0. The van der Waals surface area contributed by atoms with E-state index in [1.165, 1.54) is 18.2 Å². The molecule has 2 aromatic rings. The summed E-state index contributed by atoms with van der Waals surface area (Å²) in [4.78, 5) is 35.1. The van der Waals surface area contributed by atoms with Crippen LogP contribution in [0.1, 0.15) is 37.3 Å². The number of carbonyl (C=O) groups excluding carboxylic acids is 1. The van der Waals surface area contributed by atoms with Crippen LogP contribution in [0.25, 0.3) is 11.7 Å². The maximum atomic E-state index is 13.4. The molecule has 1 amide bonds. The first kappa shape index (κ1) is 19.1. The summed E-state index contributed by atoms with van der Waals surface area (Å²) >= 11 is 6.56. The number of pyridine rings is 1. The first-order valence-electron chi connectivity index (χ1n) is 9.53. The maximum absolute atomic E-state index is 13.4. The van der Waals surface area contributed by atoms with Crippen LogP contribution in [0.15, 0.2) is 28.0 Å². The minimum absolute atomic E-state index is 0.143. The lowest BCUT2D eigenvalue weighted by molar-refractivity contribution is -0.121. The lowest BCUT2D eigenvalue weighted by Gasteiger charge is -2.29. The predicted molar refractivity (Wildman–Crippen MR) is 118 cm³/mol. The van der Waals surface area contributed by atoms with E-state index in [2.05, 4.69) is 4.90 Å². The Bertz CT molecular complexity index is 1050. The molecule has 4 rings (SSSR count). The molecule has 0 aromatic carbocycles. The van der Waals surface area contributed by atoms with Crippen LogP contribution >= 0.6 is 24.0 Å². The summed E-state index contributed by atoms with van der Waals surface area (Å²) in [5.74, 6) is 0.525. The van der Waals surface area contributed by atoms with E-state index in [1.807, 2.05) is 26.0 Å². The Kier molecular flexibility index (Phi) is 5.25. The van der Waals surface area contributed by atoms with E-state index in [0.29, 0.717) is 32.8 Å². The van der Waals surface area contributed by atoms with Gasteiger partial charge in [0.15, 0.2) is 0 Å². The molecule has 6 nitrogen and oxygen atoms in total.